The number of carbonyl (C=O) groups excluding carboxylic acids is 1. The minimum absolute atomic E-state index is 0.105. The molecule has 2 aromatic rings. The van der Waals surface area contributed by atoms with Crippen LogP contribution in [0.25, 0.3) is 0 Å². The minimum Gasteiger partial charge on any atom is -0.348 e. The number of hydrogen-bond acceptors (Lipinski definition) is 3. The molecule has 0 unspecified atom stereocenters. The van der Waals surface area contributed by atoms with Gasteiger partial charge in [-0.25, -0.2) is 0 Å². The van der Waals surface area contributed by atoms with E-state index in [1.807, 2.05) is 36.7 Å². The topological polar surface area (TPSA) is 50.2 Å². The minimum atomic E-state index is -0.105. The molecule has 1 aliphatic heterocycles. The highest BCUT2D eigenvalue weighted by molar-refractivity contribution is 6.30. The standard InChI is InChI=1S/C17H21ClN4O/c1-12(2)19-17(23)16-9-15-11-21(7-8-22(15)20-16)10-13-3-5-14(18)6-4-13/h3-6,9,12H,7-8,10-11H2,1-2H3,(H,19,23). The molecule has 0 atom stereocenters. The van der Waals surface area contributed by atoms with Gasteiger partial charge in [0, 0.05) is 30.7 Å². The molecule has 1 aliphatic rings. The second-order valence-corrected chi connectivity index (χ2v) is 6.65. The average molecular weight is 333 g/mol. The van der Waals surface area contributed by atoms with Crippen LogP contribution in [0.1, 0.15) is 35.6 Å². The van der Waals surface area contributed by atoms with Crippen molar-refractivity contribution >= 4 is 17.5 Å². The van der Waals surface area contributed by atoms with Gasteiger partial charge in [0.25, 0.3) is 5.91 Å². The maximum absolute atomic E-state index is 12.1. The summed E-state index contributed by atoms with van der Waals surface area (Å²) >= 11 is 5.93. The van der Waals surface area contributed by atoms with Crippen LogP contribution in [-0.4, -0.2) is 33.2 Å². The van der Waals surface area contributed by atoms with Crippen molar-refractivity contribution in [3.63, 3.8) is 0 Å². The summed E-state index contributed by atoms with van der Waals surface area (Å²) in [7, 11) is 0. The molecule has 0 saturated carbocycles. The van der Waals surface area contributed by atoms with E-state index in [1.165, 1.54) is 5.56 Å². The number of amides is 1. The molecule has 1 amide bonds. The molecule has 23 heavy (non-hydrogen) atoms. The highest BCUT2D eigenvalue weighted by Crippen LogP contribution is 2.17. The molecule has 3 rings (SSSR count). The Labute approximate surface area is 141 Å². The summed E-state index contributed by atoms with van der Waals surface area (Å²) in [5.41, 5.74) is 2.82. The van der Waals surface area contributed by atoms with Gasteiger partial charge in [-0.1, -0.05) is 23.7 Å². The first-order chi connectivity index (χ1) is 11.0. The largest absolute Gasteiger partial charge is 0.348 e. The van der Waals surface area contributed by atoms with Crippen LogP contribution in [0.4, 0.5) is 0 Å². The number of benzene rings is 1. The average Bonchev–Trinajstić information content (AvgIpc) is 2.92. The van der Waals surface area contributed by atoms with Crippen LogP contribution in [0, 0.1) is 0 Å². The first-order valence-corrected chi connectivity index (χ1v) is 8.23. The molecule has 0 spiro atoms. The predicted molar refractivity (Wildman–Crippen MR) is 90.4 cm³/mol. The lowest BCUT2D eigenvalue weighted by Gasteiger charge is -2.27. The molecule has 0 aliphatic carbocycles. The maximum atomic E-state index is 12.1. The van der Waals surface area contributed by atoms with Gasteiger partial charge in [0.1, 0.15) is 0 Å². The molecular formula is C17H21ClN4O. The quantitative estimate of drug-likeness (QED) is 0.936. The number of aromatic nitrogens is 2. The van der Waals surface area contributed by atoms with E-state index >= 15 is 0 Å². The van der Waals surface area contributed by atoms with Crippen molar-refractivity contribution in [1.29, 1.82) is 0 Å². The van der Waals surface area contributed by atoms with Crippen LogP contribution in [0.15, 0.2) is 30.3 Å². The van der Waals surface area contributed by atoms with Gasteiger partial charge in [-0.2, -0.15) is 5.10 Å². The number of carbonyl (C=O) groups is 1. The van der Waals surface area contributed by atoms with Crippen LogP contribution >= 0.6 is 11.6 Å². The Morgan fingerprint density at radius 2 is 2.04 bits per heavy atom. The van der Waals surface area contributed by atoms with Gasteiger partial charge in [-0.05, 0) is 37.6 Å². The molecule has 1 N–H and O–H groups in total. The SMILES string of the molecule is CC(C)NC(=O)c1cc2n(n1)CCN(Cc1ccc(Cl)cc1)C2. The Morgan fingerprint density at radius 3 is 2.74 bits per heavy atom. The third-order valence-electron chi connectivity index (χ3n) is 3.85. The monoisotopic (exact) mass is 332 g/mol. The van der Waals surface area contributed by atoms with Crippen LogP contribution in [-0.2, 0) is 19.6 Å². The van der Waals surface area contributed by atoms with Gasteiger partial charge in [0.15, 0.2) is 5.69 Å². The summed E-state index contributed by atoms with van der Waals surface area (Å²) in [5, 5.41) is 8.06. The number of halogens is 1. The zero-order valence-electron chi connectivity index (χ0n) is 13.4. The Hall–Kier alpha value is -1.85. The summed E-state index contributed by atoms with van der Waals surface area (Å²) in [5.74, 6) is -0.105. The molecule has 5 nitrogen and oxygen atoms in total. The first kappa shape index (κ1) is 16.0. The van der Waals surface area contributed by atoms with E-state index in [9.17, 15) is 4.79 Å². The number of nitrogens with one attached hydrogen (secondary N) is 1. The van der Waals surface area contributed by atoms with Crippen molar-refractivity contribution in [3.8, 4) is 0 Å². The summed E-state index contributed by atoms with van der Waals surface area (Å²) < 4.78 is 1.94. The smallest absolute Gasteiger partial charge is 0.271 e. The Kier molecular flexibility index (Phi) is 4.68. The van der Waals surface area contributed by atoms with Gasteiger partial charge in [-0.3, -0.25) is 14.4 Å². The van der Waals surface area contributed by atoms with E-state index in [2.05, 4.69) is 27.4 Å². The fourth-order valence-electron chi connectivity index (χ4n) is 2.75. The zero-order valence-corrected chi connectivity index (χ0v) is 14.2. The van der Waals surface area contributed by atoms with E-state index in [0.717, 1.165) is 36.9 Å². The highest BCUT2D eigenvalue weighted by atomic mass is 35.5. The normalized spacial score (nSPS) is 14.8. The van der Waals surface area contributed by atoms with Crippen LogP contribution in [0.5, 0.6) is 0 Å². The molecule has 1 aromatic carbocycles. The van der Waals surface area contributed by atoms with E-state index in [1.54, 1.807) is 0 Å². The van der Waals surface area contributed by atoms with Gasteiger partial charge in [0.2, 0.25) is 0 Å². The van der Waals surface area contributed by atoms with E-state index in [-0.39, 0.29) is 11.9 Å². The molecule has 0 saturated heterocycles. The number of rotatable bonds is 4. The van der Waals surface area contributed by atoms with Crippen molar-refractivity contribution in [1.82, 2.24) is 20.0 Å². The van der Waals surface area contributed by atoms with Gasteiger partial charge in [-0.15, -0.1) is 0 Å². The molecular weight excluding hydrogens is 312 g/mol. The lowest BCUT2D eigenvalue weighted by atomic mass is 10.2. The molecule has 0 radical (unpaired) electrons. The number of hydrogen-bond donors (Lipinski definition) is 1. The van der Waals surface area contributed by atoms with Gasteiger partial charge < -0.3 is 5.32 Å². The van der Waals surface area contributed by atoms with Crippen molar-refractivity contribution < 1.29 is 4.79 Å². The summed E-state index contributed by atoms with van der Waals surface area (Å²) in [6, 6.07) is 9.94. The van der Waals surface area contributed by atoms with Crippen molar-refractivity contribution in [2.45, 2.75) is 39.5 Å². The van der Waals surface area contributed by atoms with Crippen LogP contribution in [0.3, 0.4) is 0 Å². The molecule has 0 bridgehead atoms. The van der Waals surface area contributed by atoms with E-state index in [0.29, 0.717) is 5.69 Å². The number of fused-ring (bicyclic) bond motifs is 1. The molecule has 2 heterocycles. The third kappa shape index (κ3) is 3.92. The lowest BCUT2D eigenvalue weighted by molar-refractivity contribution is 0.0937. The van der Waals surface area contributed by atoms with Gasteiger partial charge in [0.05, 0.1) is 12.2 Å². The Morgan fingerprint density at radius 1 is 1.30 bits per heavy atom. The summed E-state index contributed by atoms with van der Waals surface area (Å²) in [4.78, 5) is 14.4. The molecule has 6 heteroatoms. The number of nitrogens with zero attached hydrogens (tertiary/aromatic N) is 3. The molecule has 122 valence electrons. The predicted octanol–water partition coefficient (Wildman–Crippen LogP) is 2.69. The van der Waals surface area contributed by atoms with E-state index in [4.69, 9.17) is 11.6 Å². The first-order valence-electron chi connectivity index (χ1n) is 7.85. The highest BCUT2D eigenvalue weighted by Gasteiger charge is 2.21. The van der Waals surface area contributed by atoms with Crippen molar-refractivity contribution in [2.75, 3.05) is 6.54 Å². The fourth-order valence-corrected chi connectivity index (χ4v) is 2.88. The van der Waals surface area contributed by atoms with Crippen molar-refractivity contribution in [2.24, 2.45) is 0 Å². The Balaban J connectivity index is 1.67. The van der Waals surface area contributed by atoms with Crippen LogP contribution < -0.4 is 5.32 Å². The Bertz CT molecular complexity index is 693. The summed E-state index contributed by atoms with van der Waals surface area (Å²) in [6.07, 6.45) is 0. The summed E-state index contributed by atoms with van der Waals surface area (Å²) in [6.45, 7) is 7.28. The third-order valence-corrected chi connectivity index (χ3v) is 4.10. The maximum Gasteiger partial charge on any atom is 0.271 e. The molecule has 1 aromatic heterocycles. The van der Waals surface area contributed by atoms with E-state index < -0.39 is 0 Å². The lowest BCUT2D eigenvalue weighted by Crippen LogP contribution is -2.33. The second kappa shape index (κ2) is 6.72. The second-order valence-electron chi connectivity index (χ2n) is 6.21. The van der Waals surface area contributed by atoms with Gasteiger partial charge >= 0.3 is 0 Å². The molecule has 0 fully saturated rings. The zero-order chi connectivity index (χ0) is 16.4. The van der Waals surface area contributed by atoms with Crippen molar-refractivity contribution in [3.05, 3.63) is 52.3 Å². The van der Waals surface area contributed by atoms with Crippen LogP contribution in [0.2, 0.25) is 5.02 Å². The fraction of sp³-hybridized carbons (Fsp3) is 0.412.